The summed E-state index contributed by atoms with van der Waals surface area (Å²) in [4.78, 5) is 26.4. The van der Waals surface area contributed by atoms with Crippen LogP contribution in [0.15, 0.2) is 18.2 Å². The predicted octanol–water partition coefficient (Wildman–Crippen LogP) is 3.88. The van der Waals surface area contributed by atoms with Crippen molar-refractivity contribution in [1.82, 2.24) is 4.90 Å². The second-order valence-corrected chi connectivity index (χ2v) is 7.61. The van der Waals surface area contributed by atoms with Gasteiger partial charge in [0, 0.05) is 38.4 Å². The third-order valence-electron chi connectivity index (χ3n) is 5.00. The van der Waals surface area contributed by atoms with E-state index in [-0.39, 0.29) is 24.1 Å². The molecule has 0 aliphatic carbocycles. The van der Waals surface area contributed by atoms with Crippen molar-refractivity contribution in [2.45, 2.75) is 51.2 Å². The molecular formula is C20H28ClN3O4. The number of nitrogens with zero attached hydrogens (tertiary/aromatic N) is 1. The van der Waals surface area contributed by atoms with Gasteiger partial charge >= 0.3 is 6.03 Å². The fraction of sp³-hybridized carbons (Fsp3) is 0.600. The summed E-state index contributed by atoms with van der Waals surface area (Å²) in [6.07, 6.45) is 4.43. The molecule has 2 N–H and O–H groups in total. The van der Waals surface area contributed by atoms with E-state index < -0.39 is 0 Å². The van der Waals surface area contributed by atoms with Crippen LogP contribution in [0, 0.1) is 0 Å². The Labute approximate surface area is 170 Å². The monoisotopic (exact) mass is 409 g/mol. The lowest BCUT2D eigenvalue weighted by Crippen LogP contribution is -2.44. The van der Waals surface area contributed by atoms with Crippen LogP contribution in [0.5, 0.6) is 0 Å². The SMILES string of the molecule is CCC(=O)Nc1ccc(Cl)c(NC(=O)N(C[C@H]2CCCO2)C[C@@H]2CCCO2)c1. The molecule has 0 spiro atoms. The Hall–Kier alpha value is -1.83. The number of amides is 3. The molecule has 0 saturated carbocycles. The summed E-state index contributed by atoms with van der Waals surface area (Å²) in [5.41, 5.74) is 1.06. The van der Waals surface area contributed by atoms with E-state index in [4.69, 9.17) is 21.1 Å². The van der Waals surface area contributed by atoms with Gasteiger partial charge in [0.25, 0.3) is 0 Å². The second-order valence-electron chi connectivity index (χ2n) is 7.20. The molecule has 0 bridgehead atoms. The van der Waals surface area contributed by atoms with Crippen molar-refractivity contribution in [3.63, 3.8) is 0 Å². The molecule has 28 heavy (non-hydrogen) atoms. The number of halogens is 1. The zero-order valence-corrected chi connectivity index (χ0v) is 17.0. The Morgan fingerprint density at radius 2 is 1.75 bits per heavy atom. The second kappa shape index (κ2) is 10.1. The number of carbonyl (C=O) groups excluding carboxylic acids is 2. The molecule has 0 radical (unpaired) electrons. The van der Waals surface area contributed by atoms with Crippen LogP contribution in [0.1, 0.15) is 39.0 Å². The van der Waals surface area contributed by atoms with Gasteiger partial charge in [-0.05, 0) is 43.9 Å². The Bertz CT molecular complexity index is 670. The number of hydrogen-bond acceptors (Lipinski definition) is 4. The Morgan fingerprint density at radius 1 is 1.11 bits per heavy atom. The van der Waals surface area contributed by atoms with Gasteiger partial charge in [0.05, 0.1) is 22.9 Å². The van der Waals surface area contributed by atoms with Crippen LogP contribution in [0.3, 0.4) is 0 Å². The summed E-state index contributed by atoms with van der Waals surface area (Å²) in [7, 11) is 0. The fourth-order valence-corrected chi connectivity index (χ4v) is 3.62. The number of benzene rings is 1. The van der Waals surface area contributed by atoms with Crippen LogP contribution in [0.25, 0.3) is 0 Å². The third kappa shape index (κ3) is 5.83. The van der Waals surface area contributed by atoms with E-state index in [1.807, 2.05) is 0 Å². The van der Waals surface area contributed by atoms with Crippen molar-refractivity contribution in [2.24, 2.45) is 0 Å². The van der Waals surface area contributed by atoms with Crippen LogP contribution < -0.4 is 10.6 Å². The van der Waals surface area contributed by atoms with E-state index in [9.17, 15) is 9.59 Å². The van der Waals surface area contributed by atoms with Crippen molar-refractivity contribution < 1.29 is 19.1 Å². The number of nitrogens with one attached hydrogen (secondary N) is 2. The molecule has 0 aromatic heterocycles. The maximum atomic E-state index is 13.0. The zero-order valence-electron chi connectivity index (χ0n) is 16.2. The van der Waals surface area contributed by atoms with Gasteiger partial charge in [-0.15, -0.1) is 0 Å². The van der Waals surface area contributed by atoms with Gasteiger partial charge in [0.2, 0.25) is 5.91 Å². The maximum absolute atomic E-state index is 13.0. The standard InChI is InChI=1S/C20H28ClN3O4/c1-2-19(25)22-14-7-8-17(21)18(11-14)23-20(26)24(12-15-5-3-9-27-15)13-16-6-4-10-28-16/h7-8,11,15-16H,2-6,9-10,12-13H2,1H3,(H,22,25)(H,23,26)/t15-,16+. The van der Waals surface area contributed by atoms with E-state index >= 15 is 0 Å². The first-order valence-corrected chi connectivity index (χ1v) is 10.3. The Morgan fingerprint density at radius 3 is 2.29 bits per heavy atom. The highest BCUT2D eigenvalue weighted by atomic mass is 35.5. The average Bonchev–Trinajstić information content (AvgIpc) is 3.38. The molecule has 2 aliphatic rings. The number of urea groups is 1. The molecule has 8 heteroatoms. The molecule has 3 amide bonds. The molecule has 2 fully saturated rings. The first-order chi connectivity index (χ1) is 13.5. The predicted molar refractivity (Wildman–Crippen MR) is 109 cm³/mol. The van der Waals surface area contributed by atoms with Crippen molar-refractivity contribution in [2.75, 3.05) is 36.9 Å². The lowest BCUT2D eigenvalue weighted by molar-refractivity contribution is -0.115. The summed E-state index contributed by atoms with van der Waals surface area (Å²) in [6.45, 7) is 4.31. The minimum atomic E-state index is -0.244. The van der Waals surface area contributed by atoms with Crippen molar-refractivity contribution in [3.05, 3.63) is 23.2 Å². The van der Waals surface area contributed by atoms with Gasteiger partial charge in [0.1, 0.15) is 0 Å². The molecule has 0 unspecified atom stereocenters. The summed E-state index contributed by atoms with van der Waals surface area (Å²) < 4.78 is 11.4. The van der Waals surface area contributed by atoms with Gasteiger partial charge < -0.3 is 25.0 Å². The van der Waals surface area contributed by atoms with Crippen LogP contribution in [0.2, 0.25) is 5.02 Å². The molecule has 2 aliphatic heterocycles. The molecule has 154 valence electrons. The topological polar surface area (TPSA) is 79.9 Å². The molecule has 2 heterocycles. The van der Waals surface area contributed by atoms with Crippen LogP contribution in [0.4, 0.5) is 16.2 Å². The third-order valence-corrected chi connectivity index (χ3v) is 5.33. The minimum absolute atomic E-state index is 0.0535. The zero-order chi connectivity index (χ0) is 19.9. The quantitative estimate of drug-likeness (QED) is 0.716. The van der Waals surface area contributed by atoms with Crippen molar-refractivity contribution in [3.8, 4) is 0 Å². The van der Waals surface area contributed by atoms with Gasteiger partial charge in [-0.1, -0.05) is 18.5 Å². The van der Waals surface area contributed by atoms with Crippen molar-refractivity contribution >= 4 is 34.9 Å². The minimum Gasteiger partial charge on any atom is -0.376 e. The largest absolute Gasteiger partial charge is 0.376 e. The summed E-state index contributed by atoms with van der Waals surface area (Å²) in [5.74, 6) is -0.0991. The Balaban J connectivity index is 1.68. The maximum Gasteiger partial charge on any atom is 0.322 e. The van der Waals surface area contributed by atoms with E-state index in [0.29, 0.717) is 35.9 Å². The van der Waals surface area contributed by atoms with Crippen molar-refractivity contribution in [1.29, 1.82) is 0 Å². The average molecular weight is 410 g/mol. The summed E-state index contributed by atoms with van der Waals surface area (Å²) in [5, 5.41) is 6.07. The normalized spacial score (nSPS) is 21.5. The highest BCUT2D eigenvalue weighted by Crippen LogP contribution is 2.26. The van der Waals surface area contributed by atoms with Gasteiger partial charge in [0.15, 0.2) is 0 Å². The van der Waals surface area contributed by atoms with Crippen LogP contribution >= 0.6 is 11.6 Å². The molecular weight excluding hydrogens is 382 g/mol. The smallest absolute Gasteiger partial charge is 0.322 e. The first-order valence-electron chi connectivity index (χ1n) is 9.93. The lowest BCUT2D eigenvalue weighted by atomic mass is 10.2. The lowest BCUT2D eigenvalue weighted by Gasteiger charge is -2.28. The number of ether oxygens (including phenoxy) is 2. The van der Waals surface area contributed by atoms with Gasteiger partial charge in [-0.3, -0.25) is 4.79 Å². The summed E-state index contributed by atoms with van der Waals surface area (Å²) >= 11 is 6.26. The summed E-state index contributed by atoms with van der Waals surface area (Å²) in [6, 6.07) is 4.80. The Kier molecular flexibility index (Phi) is 7.53. The molecule has 1 aromatic carbocycles. The highest BCUT2D eigenvalue weighted by molar-refractivity contribution is 6.33. The van der Waals surface area contributed by atoms with E-state index in [1.165, 1.54) is 0 Å². The molecule has 1 aromatic rings. The highest BCUT2D eigenvalue weighted by Gasteiger charge is 2.27. The first kappa shape index (κ1) is 20.9. The number of rotatable bonds is 7. The van der Waals surface area contributed by atoms with Gasteiger partial charge in [-0.2, -0.15) is 0 Å². The molecule has 7 nitrogen and oxygen atoms in total. The fourth-order valence-electron chi connectivity index (χ4n) is 3.45. The van der Waals surface area contributed by atoms with E-state index in [2.05, 4.69) is 10.6 Å². The molecule has 2 saturated heterocycles. The molecule has 2 atom stereocenters. The molecule has 3 rings (SSSR count). The van der Waals surface area contributed by atoms with E-state index in [1.54, 1.807) is 30.0 Å². The number of anilines is 2. The van der Waals surface area contributed by atoms with Gasteiger partial charge in [-0.25, -0.2) is 4.79 Å². The number of carbonyl (C=O) groups is 2. The van der Waals surface area contributed by atoms with Crippen LogP contribution in [-0.2, 0) is 14.3 Å². The number of hydrogen-bond donors (Lipinski definition) is 2. The van der Waals surface area contributed by atoms with E-state index in [0.717, 1.165) is 38.9 Å². The van der Waals surface area contributed by atoms with Crippen LogP contribution in [-0.4, -0.2) is 55.3 Å².